The highest BCUT2D eigenvalue weighted by atomic mass is 32.1. The SMILES string of the molecule is CCc1ccc(C(=O)N2CCCCCC2CO)s1. The molecule has 1 aromatic rings. The van der Waals surface area contributed by atoms with E-state index in [-0.39, 0.29) is 18.6 Å². The van der Waals surface area contributed by atoms with Gasteiger partial charge in [0.25, 0.3) is 5.91 Å². The molecule has 1 fully saturated rings. The summed E-state index contributed by atoms with van der Waals surface area (Å²) >= 11 is 1.58. The van der Waals surface area contributed by atoms with Crippen molar-refractivity contribution < 1.29 is 9.90 Å². The minimum Gasteiger partial charge on any atom is -0.394 e. The summed E-state index contributed by atoms with van der Waals surface area (Å²) in [6, 6.07) is 3.96. The van der Waals surface area contributed by atoms with E-state index in [9.17, 15) is 9.90 Å². The molecule has 3 nitrogen and oxygen atoms in total. The maximum Gasteiger partial charge on any atom is 0.264 e. The fourth-order valence-corrected chi connectivity index (χ4v) is 3.36. The van der Waals surface area contributed by atoms with Crippen LogP contribution in [-0.4, -0.2) is 35.1 Å². The summed E-state index contributed by atoms with van der Waals surface area (Å²) < 4.78 is 0. The highest BCUT2D eigenvalue weighted by Gasteiger charge is 2.26. The Labute approximate surface area is 112 Å². The Hall–Kier alpha value is -0.870. The maximum atomic E-state index is 12.5. The van der Waals surface area contributed by atoms with Gasteiger partial charge in [-0.05, 0) is 31.4 Å². The smallest absolute Gasteiger partial charge is 0.264 e. The van der Waals surface area contributed by atoms with E-state index in [1.54, 1.807) is 11.3 Å². The molecule has 2 heterocycles. The quantitative estimate of drug-likeness (QED) is 0.914. The van der Waals surface area contributed by atoms with Crippen molar-refractivity contribution >= 4 is 17.2 Å². The van der Waals surface area contributed by atoms with Crippen LogP contribution in [0.1, 0.15) is 47.2 Å². The summed E-state index contributed by atoms with van der Waals surface area (Å²) in [6.45, 7) is 2.96. The molecule has 1 aliphatic rings. The third-order valence-electron chi connectivity index (χ3n) is 3.57. The molecule has 0 bridgehead atoms. The van der Waals surface area contributed by atoms with Gasteiger partial charge in [-0.25, -0.2) is 0 Å². The molecule has 18 heavy (non-hydrogen) atoms. The van der Waals surface area contributed by atoms with Gasteiger partial charge in [0.2, 0.25) is 0 Å². The van der Waals surface area contributed by atoms with Gasteiger partial charge in [-0.15, -0.1) is 11.3 Å². The molecule has 0 saturated carbocycles. The van der Waals surface area contributed by atoms with Crippen molar-refractivity contribution in [2.45, 2.75) is 45.1 Å². The van der Waals surface area contributed by atoms with E-state index in [0.29, 0.717) is 0 Å². The minimum atomic E-state index is 0.00664. The first-order valence-electron chi connectivity index (χ1n) is 6.76. The highest BCUT2D eigenvalue weighted by Crippen LogP contribution is 2.23. The van der Waals surface area contributed by atoms with Gasteiger partial charge in [-0.3, -0.25) is 4.79 Å². The van der Waals surface area contributed by atoms with Crippen LogP contribution >= 0.6 is 11.3 Å². The summed E-state index contributed by atoms with van der Waals surface area (Å²) in [7, 11) is 0. The molecule has 0 aliphatic carbocycles. The first-order chi connectivity index (χ1) is 8.76. The Bertz CT molecular complexity index is 402. The summed E-state index contributed by atoms with van der Waals surface area (Å²) in [6.07, 6.45) is 5.22. The van der Waals surface area contributed by atoms with Gasteiger partial charge >= 0.3 is 0 Å². The lowest BCUT2D eigenvalue weighted by Gasteiger charge is -2.28. The standard InChI is InChI=1S/C14H21NO2S/c1-2-12-7-8-13(18-12)14(17)15-9-5-3-4-6-11(15)10-16/h7-8,11,16H,2-6,9-10H2,1H3. The number of aliphatic hydroxyl groups excluding tert-OH is 1. The van der Waals surface area contributed by atoms with E-state index in [1.807, 2.05) is 17.0 Å². The van der Waals surface area contributed by atoms with Crippen LogP contribution in [0.25, 0.3) is 0 Å². The van der Waals surface area contributed by atoms with Gasteiger partial charge in [0.15, 0.2) is 0 Å². The molecule has 1 amide bonds. The maximum absolute atomic E-state index is 12.5. The monoisotopic (exact) mass is 267 g/mol. The lowest BCUT2D eigenvalue weighted by Crippen LogP contribution is -2.41. The van der Waals surface area contributed by atoms with Gasteiger partial charge < -0.3 is 10.0 Å². The lowest BCUT2D eigenvalue weighted by molar-refractivity contribution is 0.0604. The van der Waals surface area contributed by atoms with Crippen molar-refractivity contribution in [2.24, 2.45) is 0 Å². The van der Waals surface area contributed by atoms with Crippen LogP contribution in [-0.2, 0) is 6.42 Å². The van der Waals surface area contributed by atoms with Crippen molar-refractivity contribution in [3.8, 4) is 0 Å². The van der Waals surface area contributed by atoms with E-state index >= 15 is 0 Å². The average Bonchev–Trinajstić information content (AvgIpc) is 2.75. The zero-order valence-electron chi connectivity index (χ0n) is 10.9. The lowest BCUT2D eigenvalue weighted by atomic mass is 10.1. The number of nitrogens with zero attached hydrogens (tertiary/aromatic N) is 1. The number of aryl methyl sites for hydroxylation is 1. The van der Waals surface area contributed by atoms with E-state index in [2.05, 4.69) is 6.92 Å². The number of aliphatic hydroxyl groups is 1. The molecular weight excluding hydrogens is 246 g/mol. The third kappa shape index (κ3) is 2.93. The molecule has 100 valence electrons. The van der Waals surface area contributed by atoms with Gasteiger partial charge in [0.1, 0.15) is 0 Å². The number of amides is 1. The second-order valence-electron chi connectivity index (χ2n) is 4.80. The Balaban J connectivity index is 2.14. The molecule has 1 aromatic heterocycles. The predicted octanol–water partition coefficient (Wildman–Crippen LogP) is 2.69. The van der Waals surface area contributed by atoms with E-state index < -0.39 is 0 Å². The fourth-order valence-electron chi connectivity index (χ4n) is 2.46. The molecule has 1 unspecified atom stereocenters. The van der Waals surface area contributed by atoms with Gasteiger partial charge in [-0.1, -0.05) is 19.8 Å². The molecule has 4 heteroatoms. The van der Waals surface area contributed by atoms with Crippen LogP contribution in [0.5, 0.6) is 0 Å². The van der Waals surface area contributed by atoms with E-state index in [4.69, 9.17) is 0 Å². The second kappa shape index (κ2) is 6.34. The van der Waals surface area contributed by atoms with Gasteiger partial charge in [0.05, 0.1) is 17.5 Å². The van der Waals surface area contributed by atoms with Crippen molar-refractivity contribution in [1.82, 2.24) is 4.90 Å². The summed E-state index contributed by atoms with van der Waals surface area (Å²) in [5.74, 6) is 0.0978. The zero-order chi connectivity index (χ0) is 13.0. The average molecular weight is 267 g/mol. The molecule has 0 radical (unpaired) electrons. The molecule has 0 spiro atoms. The highest BCUT2D eigenvalue weighted by molar-refractivity contribution is 7.14. The van der Waals surface area contributed by atoms with Crippen molar-refractivity contribution in [3.63, 3.8) is 0 Å². The topological polar surface area (TPSA) is 40.5 Å². The first kappa shape index (κ1) is 13.6. The van der Waals surface area contributed by atoms with Gasteiger partial charge in [0, 0.05) is 11.4 Å². The number of hydrogen-bond acceptors (Lipinski definition) is 3. The van der Waals surface area contributed by atoms with Gasteiger partial charge in [-0.2, -0.15) is 0 Å². The molecule has 1 saturated heterocycles. The number of rotatable bonds is 3. The largest absolute Gasteiger partial charge is 0.394 e. The Morgan fingerprint density at radius 2 is 2.28 bits per heavy atom. The molecule has 0 aromatic carbocycles. The van der Waals surface area contributed by atoms with E-state index in [1.165, 1.54) is 4.88 Å². The molecule has 1 aliphatic heterocycles. The summed E-state index contributed by atoms with van der Waals surface area (Å²) in [5.41, 5.74) is 0. The predicted molar refractivity (Wildman–Crippen MR) is 74.1 cm³/mol. The van der Waals surface area contributed by atoms with Crippen molar-refractivity contribution in [3.05, 3.63) is 21.9 Å². The first-order valence-corrected chi connectivity index (χ1v) is 7.58. The second-order valence-corrected chi connectivity index (χ2v) is 5.97. The number of carbonyl (C=O) groups is 1. The third-order valence-corrected chi connectivity index (χ3v) is 4.79. The van der Waals surface area contributed by atoms with Crippen LogP contribution in [0.15, 0.2) is 12.1 Å². The van der Waals surface area contributed by atoms with E-state index in [0.717, 1.165) is 43.5 Å². The van der Waals surface area contributed by atoms with Crippen LogP contribution in [0.2, 0.25) is 0 Å². The molecule has 1 N–H and O–H groups in total. The fraction of sp³-hybridized carbons (Fsp3) is 0.643. The van der Waals surface area contributed by atoms with Crippen LogP contribution in [0.4, 0.5) is 0 Å². The minimum absolute atomic E-state index is 0.00664. The van der Waals surface area contributed by atoms with Crippen molar-refractivity contribution in [2.75, 3.05) is 13.2 Å². The normalized spacial score (nSPS) is 20.8. The van der Waals surface area contributed by atoms with Crippen LogP contribution in [0, 0.1) is 0 Å². The molecular formula is C14H21NO2S. The number of thiophene rings is 1. The van der Waals surface area contributed by atoms with Crippen LogP contribution < -0.4 is 0 Å². The molecule has 1 atom stereocenters. The molecule has 2 rings (SSSR count). The van der Waals surface area contributed by atoms with Crippen LogP contribution in [0.3, 0.4) is 0 Å². The number of hydrogen-bond donors (Lipinski definition) is 1. The number of likely N-dealkylation sites (tertiary alicyclic amines) is 1. The zero-order valence-corrected chi connectivity index (χ0v) is 11.7. The Morgan fingerprint density at radius 3 is 2.94 bits per heavy atom. The Morgan fingerprint density at radius 1 is 1.44 bits per heavy atom. The Kier molecular flexibility index (Phi) is 4.78. The summed E-state index contributed by atoms with van der Waals surface area (Å²) in [5, 5.41) is 9.44. The number of carbonyl (C=O) groups excluding carboxylic acids is 1. The van der Waals surface area contributed by atoms with Crippen molar-refractivity contribution in [1.29, 1.82) is 0 Å². The summed E-state index contributed by atoms with van der Waals surface area (Å²) in [4.78, 5) is 16.4.